The van der Waals surface area contributed by atoms with Crippen molar-refractivity contribution in [2.24, 2.45) is 0 Å². The zero-order valence-corrected chi connectivity index (χ0v) is 8.66. The molecule has 15 heavy (non-hydrogen) atoms. The summed E-state index contributed by atoms with van der Waals surface area (Å²) in [7, 11) is 0. The monoisotopic (exact) mass is 211 g/mol. The topological polar surface area (TPSA) is 25.8 Å². The average Bonchev–Trinajstić information content (AvgIpc) is 2.82. The normalized spacial score (nSPS) is 10.7. The van der Waals surface area contributed by atoms with Gasteiger partial charge in [-0.25, -0.2) is 4.98 Å². The van der Waals surface area contributed by atoms with Crippen LogP contribution in [0.15, 0.2) is 41.8 Å². The molecule has 1 aromatic carbocycles. The van der Waals surface area contributed by atoms with Crippen LogP contribution < -0.4 is 0 Å². The predicted molar refractivity (Wildman–Crippen MR) is 61.7 cm³/mol. The Morgan fingerprint density at radius 2 is 2.00 bits per heavy atom. The molecule has 0 aliphatic heterocycles. The third kappa shape index (κ3) is 1.51. The van der Waals surface area contributed by atoms with E-state index in [0.717, 1.165) is 22.2 Å². The van der Waals surface area contributed by atoms with E-state index in [4.69, 9.17) is 0 Å². The number of hydrogen-bond donors (Lipinski definition) is 0. The first-order valence-electron chi connectivity index (χ1n) is 4.62. The van der Waals surface area contributed by atoms with Crippen molar-refractivity contribution in [2.45, 2.75) is 0 Å². The van der Waals surface area contributed by atoms with E-state index in [1.807, 2.05) is 35.7 Å². The van der Waals surface area contributed by atoms with Crippen LogP contribution in [0, 0.1) is 6.20 Å². The smallest absolute Gasteiger partial charge is 0.102 e. The lowest BCUT2D eigenvalue weighted by molar-refractivity contribution is 1.32. The average molecular weight is 211 g/mol. The van der Waals surface area contributed by atoms with Crippen LogP contribution in [0.2, 0.25) is 0 Å². The largest absolute Gasteiger partial charge is 0.244 e. The molecule has 2 nitrogen and oxygen atoms in total. The molecule has 0 bridgehead atoms. The van der Waals surface area contributed by atoms with Crippen molar-refractivity contribution in [1.82, 2.24) is 9.36 Å². The maximum absolute atomic E-state index is 4.27. The fourth-order valence-corrected chi connectivity index (χ4v) is 2.02. The Hall–Kier alpha value is -1.74. The highest BCUT2D eigenvalue weighted by atomic mass is 32.1. The molecule has 0 aliphatic rings. The molecule has 1 radical (unpaired) electrons. The fourth-order valence-electron chi connectivity index (χ4n) is 1.50. The zero-order chi connectivity index (χ0) is 10.1. The van der Waals surface area contributed by atoms with Crippen molar-refractivity contribution in [3.63, 3.8) is 0 Å². The molecule has 0 unspecified atom stereocenters. The molecule has 0 atom stereocenters. The molecule has 0 N–H and O–H groups in total. The molecular formula is C12H7N2S. The summed E-state index contributed by atoms with van der Waals surface area (Å²) in [6.45, 7) is 0. The van der Waals surface area contributed by atoms with Crippen LogP contribution in [0.3, 0.4) is 0 Å². The summed E-state index contributed by atoms with van der Waals surface area (Å²) in [6, 6.07) is 12.1. The quantitative estimate of drug-likeness (QED) is 0.618. The molecule has 0 aliphatic carbocycles. The van der Waals surface area contributed by atoms with Crippen LogP contribution in [0.1, 0.15) is 0 Å². The number of fused-ring (bicyclic) bond motifs is 1. The van der Waals surface area contributed by atoms with E-state index in [9.17, 15) is 0 Å². The van der Waals surface area contributed by atoms with Gasteiger partial charge in [-0.15, -0.1) is 0 Å². The van der Waals surface area contributed by atoms with E-state index >= 15 is 0 Å². The lowest BCUT2D eigenvalue weighted by Gasteiger charge is -1.98. The van der Waals surface area contributed by atoms with Gasteiger partial charge in [-0.05, 0) is 29.1 Å². The van der Waals surface area contributed by atoms with Crippen molar-refractivity contribution in [2.75, 3.05) is 0 Å². The van der Waals surface area contributed by atoms with E-state index in [-0.39, 0.29) is 0 Å². The van der Waals surface area contributed by atoms with Crippen LogP contribution in [-0.2, 0) is 0 Å². The number of rotatable bonds is 1. The first-order valence-corrected chi connectivity index (χ1v) is 5.45. The van der Waals surface area contributed by atoms with Gasteiger partial charge in [-0.1, -0.05) is 24.3 Å². The van der Waals surface area contributed by atoms with Gasteiger partial charge < -0.3 is 0 Å². The molecule has 3 aromatic rings. The molecule has 0 saturated heterocycles. The second-order valence-electron chi connectivity index (χ2n) is 3.23. The lowest BCUT2D eigenvalue weighted by Crippen LogP contribution is -1.83. The highest BCUT2D eigenvalue weighted by Gasteiger charge is 2.02. The van der Waals surface area contributed by atoms with E-state index in [0.29, 0.717) is 0 Å². The summed E-state index contributed by atoms with van der Waals surface area (Å²) >= 11 is 1.44. The zero-order valence-electron chi connectivity index (χ0n) is 7.84. The van der Waals surface area contributed by atoms with Crippen LogP contribution >= 0.6 is 11.5 Å². The van der Waals surface area contributed by atoms with Gasteiger partial charge >= 0.3 is 0 Å². The van der Waals surface area contributed by atoms with Gasteiger partial charge in [-0.2, -0.15) is 4.37 Å². The van der Waals surface area contributed by atoms with Gasteiger partial charge in [-0.3, -0.25) is 0 Å². The SMILES string of the molecule is [c]1nc(-c2ccsn2)cc2ccccc12. The van der Waals surface area contributed by atoms with Gasteiger partial charge in [0.05, 0.1) is 11.9 Å². The van der Waals surface area contributed by atoms with Gasteiger partial charge in [0.2, 0.25) is 0 Å². The summed E-state index contributed by atoms with van der Waals surface area (Å²) in [5, 5.41) is 4.14. The Morgan fingerprint density at radius 3 is 2.87 bits per heavy atom. The van der Waals surface area contributed by atoms with Gasteiger partial charge in [0.25, 0.3) is 0 Å². The Labute approximate surface area is 91.4 Å². The Bertz CT molecular complexity index is 587. The Kier molecular flexibility index (Phi) is 1.96. The van der Waals surface area contributed by atoms with Gasteiger partial charge in [0.15, 0.2) is 0 Å². The van der Waals surface area contributed by atoms with E-state index in [1.165, 1.54) is 11.5 Å². The maximum Gasteiger partial charge on any atom is 0.102 e. The van der Waals surface area contributed by atoms with Crippen molar-refractivity contribution >= 4 is 22.3 Å². The summed E-state index contributed by atoms with van der Waals surface area (Å²) in [5.74, 6) is 0. The maximum atomic E-state index is 4.27. The number of aromatic nitrogens is 2. The highest BCUT2D eigenvalue weighted by Crippen LogP contribution is 2.20. The third-order valence-electron chi connectivity index (χ3n) is 2.25. The van der Waals surface area contributed by atoms with E-state index < -0.39 is 0 Å². The molecule has 2 aromatic heterocycles. The van der Waals surface area contributed by atoms with Crippen LogP contribution in [0.4, 0.5) is 0 Å². The first-order chi connectivity index (χ1) is 7.43. The molecule has 0 fully saturated rings. The molecule has 3 heteroatoms. The van der Waals surface area contributed by atoms with Crippen LogP contribution in [0.5, 0.6) is 0 Å². The molecule has 0 amide bonds. The minimum atomic E-state index is 0.884. The van der Waals surface area contributed by atoms with Crippen molar-refractivity contribution < 1.29 is 0 Å². The van der Waals surface area contributed by atoms with Crippen molar-refractivity contribution in [1.29, 1.82) is 0 Å². The fraction of sp³-hybridized carbons (Fsp3) is 0. The second kappa shape index (κ2) is 3.44. The van der Waals surface area contributed by atoms with Gasteiger partial charge in [0, 0.05) is 10.8 Å². The number of nitrogens with zero attached hydrogens (tertiary/aromatic N) is 2. The Balaban J connectivity index is 2.22. The molecule has 2 heterocycles. The van der Waals surface area contributed by atoms with Crippen LogP contribution in [0.25, 0.3) is 22.2 Å². The van der Waals surface area contributed by atoms with Crippen molar-refractivity contribution in [3.05, 3.63) is 48.0 Å². The molecule has 0 spiro atoms. The second-order valence-corrected chi connectivity index (χ2v) is 3.89. The van der Waals surface area contributed by atoms with Crippen LogP contribution in [-0.4, -0.2) is 9.36 Å². The number of hydrogen-bond acceptors (Lipinski definition) is 3. The molecule has 71 valence electrons. The van der Waals surface area contributed by atoms with E-state index in [2.05, 4.69) is 21.6 Å². The molecular weight excluding hydrogens is 204 g/mol. The lowest BCUT2D eigenvalue weighted by atomic mass is 10.1. The third-order valence-corrected chi connectivity index (χ3v) is 2.81. The summed E-state index contributed by atoms with van der Waals surface area (Å²) in [5.41, 5.74) is 1.80. The first kappa shape index (κ1) is 8.56. The predicted octanol–water partition coefficient (Wildman–Crippen LogP) is 3.16. The Morgan fingerprint density at radius 1 is 1.07 bits per heavy atom. The van der Waals surface area contributed by atoms with E-state index in [1.54, 1.807) is 0 Å². The summed E-state index contributed by atoms with van der Waals surface area (Å²) in [4.78, 5) is 4.27. The highest BCUT2D eigenvalue weighted by molar-refractivity contribution is 7.03. The van der Waals surface area contributed by atoms with Crippen molar-refractivity contribution in [3.8, 4) is 11.4 Å². The van der Waals surface area contributed by atoms with Gasteiger partial charge in [0.1, 0.15) is 5.69 Å². The minimum absolute atomic E-state index is 0.884. The number of benzene rings is 1. The summed E-state index contributed by atoms with van der Waals surface area (Å²) < 4.78 is 4.25. The summed E-state index contributed by atoms with van der Waals surface area (Å²) in [6.07, 6.45) is 3.02. The minimum Gasteiger partial charge on any atom is -0.244 e. The standard InChI is InChI=1S/C12H7N2S/c1-2-4-10-8-13-12(7-9(10)3-1)11-5-6-15-14-11/h1-7H. The number of pyridine rings is 1. The molecule has 0 saturated carbocycles. The molecule has 3 rings (SSSR count).